The molecule has 0 aliphatic carbocycles. The average Bonchev–Trinajstić information content (AvgIpc) is 3.03. The maximum absolute atomic E-state index is 10.2. The van der Waals surface area contributed by atoms with E-state index < -0.39 is 12.2 Å². The monoisotopic (exact) mass is 323 g/mol. The van der Waals surface area contributed by atoms with Crippen molar-refractivity contribution in [3.63, 3.8) is 0 Å². The molecule has 1 unspecified atom stereocenters. The Kier molecular flexibility index (Phi) is 3.49. The van der Waals surface area contributed by atoms with Gasteiger partial charge in [0.05, 0.1) is 38.6 Å². The molecule has 1 atom stereocenters. The summed E-state index contributed by atoms with van der Waals surface area (Å²) >= 11 is 7.70. The third kappa shape index (κ3) is 2.34. The van der Waals surface area contributed by atoms with Crippen LogP contribution in [-0.2, 0) is 12.6 Å². The van der Waals surface area contributed by atoms with Gasteiger partial charge in [-0.05, 0) is 19.1 Å². The molecule has 0 fully saturated rings. The Morgan fingerprint density at radius 1 is 1.43 bits per heavy atom. The molecule has 2 N–H and O–H groups in total. The third-order valence-corrected chi connectivity index (χ3v) is 5.00. The number of thiophene rings is 1. The van der Waals surface area contributed by atoms with Gasteiger partial charge in [0.2, 0.25) is 0 Å². The Bertz CT molecular complexity index is 810. The van der Waals surface area contributed by atoms with Gasteiger partial charge in [0.1, 0.15) is 11.4 Å². The van der Waals surface area contributed by atoms with Crippen molar-refractivity contribution in [1.29, 1.82) is 0 Å². The van der Waals surface area contributed by atoms with Crippen molar-refractivity contribution >= 4 is 33.2 Å². The fourth-order valence-corrected chi connectivity index (χ4v) is 3.58. The summed E-state index contributed by atoms with van der Waals surface area (Å²) < 4.78 is 2.69. The second-order valence-electron chi connectivity index (χ2n) is 5.08. The van der Waals surface area contributed by atoms with E-state index in [2.05, 4.69) is 9.97 Å². The minimum atomic E-state index is -1.38. The largest absolute Gasteiger partial charge is 0.393 e. The van der Waals surface area contributed by atoms with Crippen LogP contribution in [0.3, 0.4) is 0 Å². The Hall–Kier alpha value is -1.47. The standard InChI is InChI=1S/C14H14ClN3O2S/c1-14(20,7-19)13-17-6-10(18(13)2)11-5-9-12(21-11)8(15)3-4-16-9/h3-6,19-20H,7H2,1-2H3. The molecule has 3 rings (SSSR count). The highest BCUT2D eigenvalue weighted by Crippen LogP contribution is 2.37. The van der Waals surface area contributed by atoms with Gasteiger partial charge in [0.15, 0.2) is 0 Å². The number of nitrogens with zero attached hydrogens (tertiary/aromatic N) is 3. The number of aromatic nitrogens is 3. The van der Waals surface area contributed by atoms with Gasteiger partial charge in [-0.15, -0.1) is 11.3 Å². The zero-order valence-corrected chi connectivity index (χ0v) is 13.1. The van der Waals surface area contributed by atoms with Crippen molar-refractivity contribution in [1.82, 2.24) is 14.5 Å². The molecule has 7 heteroatoms. The zero-order valence-electron chi connectivity index (χ0n) is 11.5. The highest BCUT2D eigenvalue weighted by Gasteiger charge is 2.28. The predicted octanol–water partition coefficient (Wildman–Crippen LogP) is 2.55. The summed E-state index contributed by atoms with van der Waals surface area (Å²) in [5.41, 5.74) is 0.302. The van der Waals surface area contributed by atoms with Crippen LogP contribution in [0, 0.1) is 0 Å². The van der Waals surface area contributed by atoms with Crippen LogP contribution in [0.25, 0.3) is 20.8 Å². The van der Waals surface area contributed by atoms with Gasteiger partial charge in [-0.2, -0.15) is 0 Å². The lowest BCUT2D eigenvalue weighted by Crippen LogP contribution is -2.29. The molecule has 3 heterocycles. The maximum atomic E-state index is 10.2. The number of halogens is 1. The van der Waals surface area contributed by atoms with Gasteiger partial charge in [-0.25, -0.2) is 4.98 Å². The summed E-state index contributed by atoms with van der Waals surface area (Å²) in [5.74, 6) is 0.413. The van der Waals surface area contributed by atoms with Crippen molar-refractivity contribution in [2.75, 3.05) is 6.61 Å². The van der Waals surface area contributed by atoms with Crippen molar-refractivity contribution in [2.45, 2.75) is 12.5 Å². The quantitative estimate of drug-likeness (QED) is 0.777. The molecule has 0 aliphatic rings. The smallest absolute Gasteiger partial charge is 0.143 e. The van der Waals surface area contributed by atoms with E-state index in [1.807, 2.05) is 6.07 Å². The lowest BCUT2D eigenvalue weighted by atomic mass is 10.1. The highest BCUT2D eigenvalue weighted by molar-refractivity contribution is 7.22. The van der Waals surface area contributed by atoms with Crippen molar-refractivity contribution in [3.8, 4) is 10.6 Å². The van der Waals surface area contributed by atoms with Crippen LogP contribution in [0.4, 0.5) is 0 Å². The molecule has 3 aromatic heterocycles. The van der Waals surface area contributed by atoms with Crippen LogP contribution in [-0.4, -0.2) is 31.4 Å². The van der Waals surface area contributed by atoms with Crippen LogP contribution >= 0.6 is 22.9 Å². The summed E-state index contributed by atoms with van der Waals surface area (Å²) in [6, 6.07) is 3.70. The first-order chi connectivity index (χ1) is 9.94. The summed E-state index contributed by atoms with van der Waals surface area (Å²) in [5, 5.41) is 20.1. The molecule has 0 aromatic carbocycles. The van der Waals surface area contributed by atoms with Crippen LogP contribution in [0.15, 0.2) is 24.5 Å². The average molecular weight is 324 g/mol. The number of pyridine rings is 1. The van der Waals surface area contributed by atoms with E-state index in [0.29, 0.717) is 10.8 Å². The molecule has 0 radical (unpaired) electrons. The van der Waals surface area contributed by atoms with E-state index in [4.69, 9.17) is 11.6 Å². The van der Waals surface area contributed by atoms with Crippen LogP contribution in [0.1, 0.15) is 12.7 Å². The molecule has 0 spiro atoms. The fourth-order valence-electron chi connectivity index (χ4n) is 2.24. The minimum Gasteiger partial charge on any atom is -0.393 e. The van der Waals surface area contributed by atoms with Gasteiger partial charge in [-0.1, -0.05) is 11.6 Å². The lowest BCUT2D eigenvalue weighted by molar-refractivity contribution is -0.0116. The van der Waals surface area contributed by atoms with Gasteiger partial charge in [0, 0.05) is 13.2 Å². The molecule has 0 saturated heterocycles. The molecule has 0 saturated carbocycles. The van der Waals surface area contributed by atoms with E-state index in [1.165, 1.54) is 18.3 Å². The lowest BCUT2D eigenvalue weighted by Gasteiger charge is -2.20. The molecular formula is C14H14ClN3O2S. The van der Waals surface area contributed by atoms with E-state index >= 15 is 0 Å². The predicted molar refractivity (Wildman–Crippen MR) is 83.5 cm³/mol. The minimum absolute atomic E-state index is 0.392. The number of imidazole rings is 1. The number of aliphatic hydroxyl groups excluding tert-OH is 1. The second kappa shape index (κ2) is 5.06. The van der Waals surface area contributed by atoms with Crippen molar-refractivity contribution in [2.24, 2.45) is 7.05 Å². The Labute approximate surface area is 130 Å². The molecule has 0 aliphatic heterocycles. The molecule has 21 heavy (non-hydrogen) atoms. The van der Waals surface area contributed by atoms with E-state index in [1.54, 1.807) is 30.1 Å². The first kappa shape index (κ1) is 14.5. The van der Waals surface area contributed by atoms with Crippen LogP contribution < -0.4 is 0 Å². The molecule has 0 bridgehead atoms. The topological polar surface area (TPSA) is 71.2 Å². The van der Waals surface area contributed by atoms with E-state index in [9.17, 15) is 10.2 Å². The highest BCUT2D eigenvalue weighted by atomic mass is 35.5. The molecule has 5 nitrogen and oxygen atoms in total. The van der Waals surface area contributed by atoms with Crippen molar-refractivity contribution in [3.05, 3.63) is 35.4 Å². The fraction of sp³-hybridized carbons (Fsp3) is 0.286. The summed E-state index contributed by atoms with van der Waals surface area (Å²) in [7, 11) is 1.81. The van der Waals surface area contributed by atoms with Gasteiger partial charge in [0.25, 0.3) is 0 Å². The van der Waals surface area contributed by atoms with Crippen LogP contribution in [0.2, 0.25) is 5.02 Å². The molecular weight excluding hydrogens is 310 g/mol. The van der Waals surface area contributed by atoms with Gasteiger partial charge in [-0.3, -0.25) is 4.98 Å². The third-order valence-electron chi connectivity index (χ3n) is 3.39. The summed E-state index contributed by atoms with van der Waals surface area (Å²) in [6.45, 7) is 1.14. The Morgan fingerprint density at radius 3 is 2.86 bits per heavy atom. The molecule has 0 amide bonds. The molecule has 110 valence electrons. The van der Waals surface area contributed by atoms with Gasteiger partial charge < -0.3 is 14.8 Å². The summed E-state index contributed by atoms with van der Waals surface area (Å²) in [4.78, 5) is 9.49. The Morgan fingerprint density at radius 2 is 2.19 bits per heavy atom. The number of hydrogen-bond donors (Lipinski definition) is 2. The van der Waals surface area contributed by atoms with Gasteiger partial charge >= 0.3 is 0 Å². The second-order valence-corrected chi connectivity index (χ2v) is 6.54. The Balaban J connectivity index is 2.14. The normalized spacial score (nSPS) is 14.5. The number of hydrogen-bond acceptors (Lipinski definition) is 5. The number of rotatable bonds is 3. The van der Waals surface area contributed by atoms with Crippen molar-refractivity contribution < 1.29 is 10.2 Å². The van der Waals surface area contributed by atoms with E-state index in [-0.39, 0.29) is 0 Å². The first-order valence-electron chi connectivity index (χ1n) is 6.34. The summed E-state index contributed by atoms with van der Waals surface area (Å²) in [6.07, 6.45) is 3.35. The SMILES string of the molecule is Cn1c(-c2cc3nccc(Cl)c3s2)cnc1C(C)(O)CO. The maximum Gasteiger partial charge on any atom is 0.143 e. The zero-order chi connectivity index (χ0) is 15.2. The first-order valence-corrected chi connectivity index (χ1v) is 7.53. The number of aliphatic hydroxyl groups is 2. The molecule has 3 aromatic rings. The van der Waals surface area contributed by atoms with E-state index in [0.717, 1.165) is 20.8 Å². The number of fused-ring (bicyclic) bond motifs is 1. The van der Waals surface area contributed by atoms with Crippen LogP contribution in [0.5, 0.6) is 0 Å².